The van der Waals surface area contributed by atoms with Crippen LogP contribution in [0.5, 0.6) is 11.5 Å². The van der Waals surface area contributed by atoms with E-state index in [2.05, 4.69) is 5.32 Å². The molecular formula is C18H17Cl2NO3. The first-order chi connectivity index (χ1) is 11.6. The molecule has 1 amide bonds. The Morgan fingerprint density at radius 2 is 1.67 bits per heavy atom. The zero-order valence-corrected chi connectivity index (χ0v) is 14.6. The van der Waals surface area contributed by atoms with Gasteiger partial charge in [0.2, 0.25) is 6.10 Å². The van der Waals surface area contributed by atoms with Crippen LogP contribution in [0, 0.1) is 0 Å². The highest BCUT2D eigenvalue weighted by molar-refractivity contribution is 6.36. The first kappa shape index (κ1) is 16.9. The monoisotopic (exact) mass is 365 g/mol. The van der Waals surface area contributed by atoms with Gasteiger partial charge in [0, 0.05) is 16.6 Å². The average Bonchev–Trinajstić information content (AvgIpc) is 2.56. The van der Waals surface area contributed by atoms with Gasteiger partial charge in [-0.25, -0.2) is 0 Å². The predicted molar refractivity (Wildman–Crippen MR) is 94.1 cm³/mol. The Bertz CT molecular complexity index is 731. The van der Waals surface area contributed by atoms with Crippen LogP contribution >= 0.6 is 23.2 Å². The summed E-state index contributed by atoms with van der Waals surface area (Å²) in [6, 6.07) is 12.7. The second kappa shape index (κ2) is 7.32. The van der Waals surface area contributed by atoms with Crippen molar-refractivity contribution in [3.05, 3.63) is 58.1 Å². The predicted octanol–water partition coefficient (Wildman–Crippen LogP) is 3.88. The fourth-order valence-electron chi connectivity index (χ4n) is 2.59. The maximum atomic E-state index is 12.4. The molecule has 0 spiro atoms. The van der Waals surface area contributed by atoms with Crippen molar-refractivity contribution in [2.24, 2.45) is 0 Å². The number of ether oxygens (including phenoxy) is 2. The van der Waals surface area contributed by atoms with Gasteiger partial charge in [0.1, 0.15) is 6.10 Å². The number of hydrogen-bond donors (Lipinski definition) is 1. The molecule has 2 aromatic carbocycles. The van der Waals surface area contributed by atoms with Crippen molar-refractivity contribution in [3.63, 3.8) is 0 Å². The minimum Gasteiger partial charge on any atom is -0.482 e. The van der Waals surface area contributed by atoms with E-state index in [0.29, 0.717) is 34.5 Å². The smallest absolute Gasteiger partial charge is 0.265 e. The maximum absolute atomic E-state index is 12.4. The van der Waals surface area contributed by atoms with Gasteiger partial charge >= 0.3 is 0 Å². The van der Waals surface area contributed by atoms with Crippen molar-refractivity contribution >= 4 is 29.1 Å². The van der Waals surface area contributed by atoms with E-state index in [1.54, 1.807) is 24.3 Å². The van der Waals surface area contributed by atoms with Gasteiger partial charge in [0.15, 0.2) is 11.5 Å². The number of para-hydroxylation sites is 2. The Balaban J connectivity index is 1.60. The van der Waals surface area contributed by atoms with E-state index in [1.807, 2.05) is 25.1 Å². The van der Waals surface area contributed by atoms with Crippen LogP contribution in [0.15, 0.2) is 42.5 Å². The Labute approximate surface area is 150 Å². The van der Waals surface area contributed by atoms with Gasteiger partial charge in [-0.2, -0.15) is 0 Å². The largest absolute Gasteiger partial charge is 0.482 e. The van der Waals surface area contributed by atoms with Crippen LogP contribution in [-0.4, -0.2) is 24.7 Å². The van der Waals surface area contributed by atoms with Crippen molar-refractivity contribution in [1.82, 2.24) is 5.32 Å². The molecule has 0 saturated carbocycles. The minimum absolute atomic E-state index is 0.222. The summed E-state index contributed by atoms with van der Waals surface area (Å²) in [4.78, 5) is 12.4. The summed E-state index contributed by atoms with van der Waals surface area (Å²) in [5, 5.41) is 4.04. The summed E-state index contributed by atoms with van der Waals surface area (Å²) < 4.78 is 11.5. The van der Waals surface area contributed by atoms with Crippen molar-refractivity contribution in [2.45, 2.75) is 25.6 Å². The molecule has 6 heteroatoms. The molecule has 1 heterocycles. The number of amides is 1. The third-order valence-corrected chi connectivity index (χ3v) is 4.54. The topological polar surface area (TPSA) is 47.6 Å². The summed E-state index contributed by atoms with van der Waals surface area (Å²) in [5.74, 6) is 1.00. The van der Waals surface area contributed by atoms with Gasteiger partial charge in [-0.15, -0.1) is 0 Å². The molecule has 0 fully saturated rings. The summed E-state index contributed by atoms with van der Waals surface area (Å²) in [7, 11) is 0. The number of nitrogens with one attached hydrogen (secondary N) is 1. The second-order valence-corrected chi connectivity index (χ2v) is 6.36. The molecule has 126 valence electrons. The average molecular weight is 366 g/mol. The van der Waals surface area contributed by atoms with Gasteiger partial charge in [-0.3, -0.25) is 4.79 Å². The second-order valence-electron chi connectivity index (χ2n) is 5.55. The van der Waals surface area contributed by atoms with E-state index < -0.39 is 6.10 Å². The molecule has 4 nitrogen and oxygen atoms in total. The zero-order valence-electron chi connectivity index (χ0n) is 13.1. The Kier molecular flexibility index (Phi) is 5.17. The standard InChI is InChI=1S/C18H17Cl2NO3/c1-11-17(24-16-8-3-2-7-15(16)23-11)18(22)21-10-9-12-13(19)5-4-6-14(12)20/h2-8,11,17H,9-10H2,1H3,(H,21,22)/t11-,17-/m1/s1. The highest BCUT2D eigenvalue weighted by Gasteiger charge is 2.33. The molecule has 0 unspecified atom stereocenters. The molecule has 1 N–H and O–H groups in total. The maximum Gasteiger partial charge on any atom is 0.265 e. The zero-order chi connectivity index (χ0) is 17.1. The molecule has 1 aliphatic heterocycles. The van der Waals surface area contributed by atoms with E-state index in [9.17, 15) is 4.79 Å². The first-order valence-electron chi connectivity index (χ1n) is 7.69. The van der Waals surface area contributed by atoms with E-state index >= 15 is 0 Å². The van der Waals surface area contributed by atoms with Crippen LogP contribution in [0.1, 0.15) is 12.5 Å². The summed E-state index contributed by atoms with van der Waals surface area (Å²) in [6.07, 6.45) is -0.520. The minimum atomic E-state index is -0.693. The number of hydrogen-bond acceptors (Lipinski definition) is 3. The molecule has 0 radical (unpaired) electrons. The van der Waals surface area contributed by atoms with Crippen LogP contribution in [0.4, 0.5) is 0 Å². The molecule has 24 heavy (non-hydrogen) atoms. The Hall–Kier alpha value is -1.91. The van der Waals surface area contributed by atoms with Crippen molar-refractivity contribution in [2.75, 3.05) is 6.54 Å². The number of benzene rings is 2. The van der Waals surface area contributed by atoms with Crippen molar-refractivity contribution < 1.29 is 14.3 Å². The van der Waals surface area contributed by atoms with Crippen LogP contribution in [0.2, 0.25) is 10.0 Å². The SMILES string of the molecule is C[C@H]1Oc2ccccc2O[C@H]1C(=O)NCCc1c(Cl)cccc1Cl. The summed E-state index contributed by atoms with van der Waals surface area (Å²) in [5.41, 5.74) is 0.820. The Morgan fingerprint density at radius 1 is 1.04 bits per heavy atom. The molecule has 1 aliphatic rings. The number of rotatable bonds is 4. The van der Waals surface area contributed by atoms with Gasteiger partial charge in [-0.05, 0) is 43.2 Å². The number of carbonyl (C=O) groups excluding carboxylic acids is 1. The van der Waals surface area contributed by atoms with Crippen molar-refractivity contribution in [1.29, 1.82) is 0 Å². The summed E-state index contributed by atoms with van der Waals surface area (Å²) >= 11 is 12.3. The van der Waals surface area contributed by atoms with Gasteiger partial charge < -0.3 is 14.8 Å². The lowest BCUT2D eigenvalue weighted by Crippen LogP contribution is -2.49. The van der Waals surface area contributed by atoms with Crippen LogP contribution in [-0.2, 0) is 11.2 Å². The molecule has 0 saturated heterocycles. The number of carbonyl (C=O) groups is 1. The van der Waals surface area contributed by atoms with E-state index in [0.717, 1.165) is 5.56 Å². The third-order valence-electron chi connectivity index (χ3n) is 3.84. The lowest BCUT2D eigenvalue weighted by atomic mass is 10.1. The quantitative estimate of drug-likeness (QED) is 0.894. The number of halogens is 2. The molecule has 2 aromatic rings. The third kappa shape index (κ3) is 3.60. The van der Waals surface area contributed by atoms with Crippen LogP contribution < -0.4 is 14.8 Å². The summed E-state index contributed by atoms with van der Waals surface area (Å²) in [6.45, 7) is 2.22. The lowest BCUT2D eigenvalue weighted by molar-refractivity contribution is -0.133. The van der Waals surface area contributed by atoms with E-state index in [-0.39, 0.29) is 12.0 Å². The van der Waals surface area contributed by atoms with Crippen LogP contribution in [0.3, 0.4) is 0 Å². The van der Waals surface area contributed by atoms with Crippen LogP contribution in [0.25, 0.3) is 0 Å². The molecule has 0 bridgehead atoms. The molecular weight excluding hydrogens is 349 g/mol. The van der Waals surface area contributed by atoms with Gasteiger partial charge in [-0.1, -0.05) is 41.4 Å². The molecule has 0 aromatic heterocycles. The highest BCUT2D eigenvalue weighted by atomic mass is 35.5. The van der Waals surface area contributed by atoms with Gasteiger partial charge in [0.25, 0.3) is 5.91 Å². The molecule has 2 atom stereocenters. The lowest BCUT2D eigenvalue weighted by Gasteiger charge is -2.31. The van der Waals surface area contributed by atoms with Gasteiger partial charge in [0.05, 0.1) is 0 Å². The van der Waals surface area contributed by atoms with E-state index in [1.165, 1.54) is 0 Å². The fourth-order valence-corrected chi connectivity index (χ4v) is 3.18. The highest BCUT2D eigenvalue weighted by Crippen LogP contribution is 2.33. The first-order valence-corrected chi connectivity index (χ1v) is 8.45. The molecule has 3 rings (SSSR count). The van der Waals surface area contributed by atoms with E-state index in [4.69, 9.17) is 32.7 Å². The number of fused-ring (bicyclic) bond motifs is 1. The Morgan fingerprint density at radius 3 is 2.33 bits per heavy atom. The molecule has 0 aliphatic carbocycles. The normalized spacial score (nSPS) is 19.0. The fraction of sp³-hybridized carbons (Fsp3) is 0.278. The van der Waals surface area contributed by atoms with Crippen molar-refractivity contribution in [3.8, 4) is 11.5 Å².